The van der Waals surface area contributed by atoms with Crippen molar-refractivity contribution in [3.63, 3.8) is 0 Å². The van der Waals surface area contributed by atoms with Gasteiger partial charge in [-0.1, -0.05) is 18.2 Å². The summed E-state index contributed by atoms with van der Waals surface area (Å²) < 4.78 is 0. The van der Waals surface area contributed by atoms with Crippen molar-refractivity contribution in [2.24, 2.45) is 5.73 Å². The highest BCUT2D eigenvalue weighted by atomic mass is 32.2. The number of thioether (sulfide) groups is 3. The quantitative estimate of drug-likeness (QED) is 0.0754. The smallest absolute Gasteiger partial charge is 0.317 e. The Morgan fingerprint density at radius 2 is 1.00 bits per heavy atom. The number of primary amides is 1. The fourth-order valence-electron chi connectivity index (χ4n) is 5.27. The number of nitrogens with two attached hydrogens (primary N) is 1. The van der Waals surface area contributed by atoms with Gasteiger partial charge in [0.2, 0.25) is 11.8 Å². The average Bonchev–Trinajstić information content (AvgIpc) is 3.05. The van der Waals surface area contributed by atoms with Crippen molar-refractivity contribution in [1.29, 1.82) is 0 Å². The summed E-state index contributed by atoms with van der Waals surface area (Å²) in [6.45, 7) is 2.52. The lowest BCUT2D eigenvalue weighted by Gasteiger charge is -2.32. The summed E-state index contributed by atoms with van der Waals surface area (Å²) >= 11 is 5.06. The summed E-state index contributed by atoms with van der Waals surface area (Å²) in [5, 5.41) is 31.2. The number of benzene rings is 1. The van der Waals surface area contributed by atoms with E-state index in [1.165, 1.54) is 5.56 Å². The van der Waals surface area contributed by atoms with Gasteiger partial charge in [0.05, 0.1) is 26.2 Å². The van der Waals surface area contributed by atoms with Crippen molar-refractivity contribution in [1.82, 2.24) is 24.9 Å². The SMILES string of the molecule is NC(=O)CCSCc1cc(CSCCC=O)cc(CSCCNC(=O)CN2CCN(CC(=O)O)CCN(CC(=O)O)CCN(CC(=O)O)CC2)c1. The second-order valence-corrected chi connectivity index (χ2v) is 15.4. The van der Waals surface area contributed by atoms with Crippen LogP contribution in [0.25, 0.3) is 0 Å². The van der Waals surface area contributed by atoms with E-state index in [9.17, 15) is 44.1 Å². The lowest BCUT2D eigenvalue weighted by molar-refractivity contribution is -0.140. The third kappa shape index (κ3) is 21.9. The molecule has 286 valence electrons. The molecule has 1 aliphatic heterocycles. The summed E-state index contributed by atoms with van der Waals surface area (Å²) in [6, 6.07) is 6.48. The van der Waals surface area contributed by atoms with Gasteiger partial charge in [-0.05, 0) is 16.7 Å². The van der Waals surface area contributed by atoms with Crippen molar-refractivity contribution >= 4 is 71.3 Å². The number of carboxylic acids is 3. The van der Waals surface area contributed by atoms with E-state index in [2.05, 4.69) is 23.5 Å². The van der Waals surface area contributed by atoms with Crippen LogP contribution in [0.4, 0.5) is 0 Å². The Labute approximate surface area is 312 Å². The van der Waals surface area contributed by atoms with Gasteiger partial charge < -0.3 is 31.2 Å². The van der Waals surface area contributed by atoms with E-state index in [4.69, 9.17) is 5.73 Å². The van der Waals surface area contributed by atoms with Crippen LogP contribution in [0.2, 0.25) is 0 Å². The van der Waals surface area contributed by atoms with E-state index in [1.54, 1.807) is 50.0 Å². The lowest BCUT2D eigenvalue weighted by Crippen LogP contribution is -2.49. The Bertz CT molecular complexity index is 1250. The van der Waals surface area contributed by atoms with Crippen molar-refractivity contribution in [3.05, 3.63) is 34.9 Å². The molecule has 1 fully saturated rings. The molecule has 0 bridgehead atoms. The molecule has 18 heteroatoms. The van der Waals surface area contributed by atoms with Gasteiger partial charge in [0.15, 0.2) is 0 Å². The Hall–Kier alpha value is -2.87. The molecule has 6 N–H and O–H groups in total. The number of carbonyl (C=O) groups excluding carboxylic acids is 3. The highest BCUT2D eigenvalue weighted by Crippen LogP contribution is 2.23. The van der Waals surface area contributed by atoms with Gasteiger partial charge in [0.1, 0.15) is 6.29 Å². The molecule has 2 rings (SSSR count). The van der Waals surface area contributed by atoms with E-state index in [0.29, 0.717) is 83.3 Å². The highest BCUT2D eigenvalue weighted by molar-refractivity contribution is 7.99. The first-order valence-electron chi connectivity index (χ1n) is 16.8. The minimum Gasteiger partial charge on any atom is -0.480 e. The number of nitrogens with zero attached hydrogens (tertiary/aromatic N) is 4. The number of amides is 2. The number of carbonyl (C=O) groups is 6. The van der Waals surface area contributed by atoms with Crippen molar-refractivity contribution < 1.29 is 44.1 Å². The van der Waals surface area contributed by atoms with Crippen LogP contribution in [0.1, 0.15) is 29.5 Å². The molecular weight excluding hydrogens is 721 g/mol. The van der Waals surface area contributed by atoms with Crippen LogP contribution in [-0.4, -0.2) is 173 Å². The standard InChI is InChI=1S/C33H52N6O9S3/c34-29(41)2-14-50-24-27-16-26(23-49-13-1-12-40)17-28(18-27)25-51-15-3-35-30(42)19-36-4-6-37(20-31(43)44)8-10-39(22-33(47)48)11-9-38(7-5-36)21-32(45)46/h12,16-18H,1-11,13-15,19-25H2,(H2,34,41)(H,35,42)(H,43,44)(H,45,46)(H,47,48). The van der Waals surface area contributed by atoms with E-state index in [0.717, 1.165) is 40.4 Å². The first-order valence-corrected chi connectivity index (χ1v) is 20.3. The molecule has 0 atom stereocenters. The van der Waals surface area contributed by atoms with Crippen molar-refractivity contribution in [2.75, 3.05) is 102 Å². The largest absolute Gasteiger partial charge is 0.480 e. The molecule has 0 aliphatic carbocycles. The number of rotatable bonds is 23. The molecule has 0 spiro atoms. The fraction of sp³-hybridized carbons (Fsp3) is 0.636. The number of hydrogen-bond donors (Lipinski definition) is 5. The molecule has 2 amide bonds. The number of hydrogen-bond acceptors (Lipinski definition) is 13. The molecule has 1 heterocycles. The summed E-state index contributed by atoms with van der Waals surface area (Å²) in [6.07, 6.45) is 1.77. The van der Waals surface area contributed by atoms with Crippen molar-refractivity contribution in [3.8, 4) is 0 Å². The molecule has 1 saturated heterocycles. The summed E-state index contributed by atoms with van der Waals surface area (Å²) in [4.78, 5) is 76.2. The zero-order valence-electron chi connectivity index (χ0n) is 29.0. The van der Waals surface area contributed by atoms with Gasteiger partial charge in [-0.2, -0.15) is 35.3 Å². The Morgan fingerprint density at radius 3 is 1.37 bits per heavy atom. The summed E-state index contributed by atoms with van der Waals surface area (Å²) in [5.74, 6) is 0.872. The molecule has 51 heavy (non-hydrogen) atoms. The Balaban J connectivity index is 1.95. The van der Waals surface area contributed by atoms with Crippen LogP contribution >= 0.6 is 35.3 Å². The third-order valence-electron chi connectivity index (χ3n) is 7.73. The fourth-order valence-corrected chi connectivity index (χ4v) is 7.77. The average molecular weight is 773 g/mol. The van der Waals surface area contributed by atoms with Crippen molar-refractivity contribution in [2.45, 2.75) is 30.1 Å². The number of aldehydes is 1. The van der Waals surface area contributed by atoms with E-state index in [-0.39, 0.29) is 38.0 Å². The van der Waals surface area contributed by atoms with Gasteiger partial charge in [-0.25, -0.2) is 0 Å². The first kappa shape index (κ1) is 44.3. The monoisotopic (exact) mass is 772 g/mol. The van der Waals surface area contributed by atoms with Gasteiger partial charge >= 0.3 is 17.9 Å². The van der Waals surface area contributed by atoms with Crippen LogP contribution in [0.15, 0.2) is 18.2 Å². The molecular formula is C33H52N6O9S3. The predicted molar refractivity (Wildman–Crippen MR) is 201 cm³/mol. The maximum Gasteiger partial charge on any atom is 0.317 e. The van der Waals surface area contributed by atoms with E-state index >= 15 is 0 Å². The Morgan fingerprint density at radius 1 is 0.627 bits per heavy atom. The van der Waals surface area contributed by atoms with E-state index in [1.807, 2.05) is 4.90 Å². The number of carboxylic acid groups (broad SMARTS) is 3. The van der Waals surface area contributed by atoms with Gasteiger partial charge in [-0.15, -0.1) is 0 Å². The molecule has 0 unspecified atom stereocenters. The molecule has 0 radical (unpaired) electrons. The predicted octanol–water partition coefficient (Wildman–Crippen LogP) is 0.442. The zero-order chi connectivity index (χ0) is 37.4. The van der Waals surface area contributed by atoms with Crippen LogP contribution < -0.4 is 11.1 Å². The van der Waals surface area contributed by atoms with Gasteiger partial charge in [-0.3, -0.25) is 43.6 Å². The molecule has 1 aromatic carbocycles. The van der Waals surface area contributed by atoms with Crippen LogP contribution in [0, 0.1) is 0 Å². The molecule has 0 aromatic heterocycles. The minimum absolute atomic E-state index is 0.0677. The first-order chi connectivity index (χ1) is 24.4. The van der Waals surface area contributed by atoms with Gasteiger partial charge in [0, 0.05) is 106 Å². The van der Waals surface area contributed by atoms with Crippen LogP contribution in [-0.2, 0) is 46.0 Å². The second-order valence-electron chi connectivity index (χ2n) is 12.1. The Kier molecular flexibility index (Phi) is 22.6. The highest BCUT2D eigenvalue weighted by Gasteiger charge is 2.21. The number of aliphatic carboxylic acids is 3. The maximum atomic E-state index is 13.0. The second kappa shape index (κ2) is 26.0. The third-order valence-corrected chi connectivity index (χ3v) is 10.9. The lowest BCUT2D eigenvalue weighted by atomic mass is 10.1. The van der Waals surface area contributed by atoms with E-state index < -0.39 is 17.9 Å². The van der Waals surface area contributed by atoms with Gasteiger partial charge in [0.25, 0.3) is 0 Å². The molecule has 1 aliphatic rings. The minimum atomic E-state index is -1.02. The summed E-state index contributed by atoms with van der Waals surface area (Å²) in [5.41, 5.74) is 8.76. The topological polar surface area (TPSA) is 214 Å². The molecule has 15 nitrogen and oxygen atoms in total. The normalized spacial score (nSPS) is 15.8. The number of nitrogens with one attached hydrogen (secondary N) is 1. The zero-order valence-corrected chi connectivity index (χ0v) is 31.5. The molecule has 1 aromatic rings. The molecule has 0 saturated carbocycles. The summed E-state index contributed by atoms with van der Waals surface area (Å²) in [7, 11) is 0. The maximum absolute atomic E-state index is 13.0. The van der Waals surface area contributed by atoms with Crippen LogP contribution in [0.5, 0.6) is 0 Å². The van der Waals surface area contributed by atoms with Crippen LogP contribution in [0.3, 0.4) is 0 Å².